The molecule has 0 radical (unpaired) electrons. The lowest BCUT2D eigenvalue weighted by molar-refractivity contribution is 0.102. The minimum absolute atomic E-state index is 0.278. The topological polar surface area (TPSA) is 77.8 Å². The predicted molar refractivity (Wildman–Crippen MR) is 80.6 cm³/mol. The van der Waals surface area contributed by atoms with E-state index in [4.69, 9.17) is 5.26 Å². The number of rotatable bonds is 3. The number of hydrogen-bond acceptors (Lipinski definition) is 4. The van der Waals surface area contributed by atoms with Crippen LogP contribution < -0.4 is 10.6 Å². The van der Waals surface area contributed by atoms with Crippen molar-refractivity contribution in [1.29, 1.82) is 5.26 Å². The Balaban J connectivity index is 2.28. The number of carbonyl (C=O) groups is 1. The van der Waals surface area contributed by atoms with Gasteiger partial charge in [-0.3, -0.25) is 4.79 Å². The van der Waals surface area contributed by atoms with Crippen molar-refractivity contribution in [3.8, 4) is 6.07 Å². The lowest BCUT2D eigenvalue weighted by Crippen LogP contribution is -2.15. The summed E-state index contributed by atoms with van der Waals surface area (Å²) in [5.41, 5.74) is 1.12. The van der Waals surface area contributed by atoms with Gasteiger partial charge in [-0.15, -0.1) is 0 Å². The van der Waals surface area contributed by atoms with Crippen LogP contribution in [0.3, 0.4) is 0 Å². The molecule has 0 aliphatic carbocycles. The second-order valence-corrected chi connectivity index (χ2v) is 4.83. The molecule has 2 aromatic rings. The van der Waals surface area contributed by atoms with Crippen LogP contribution in [-0.4, -0.2) is 17.9 Å². The maximum absolute atomic E-state index is 12.1. The average molecular weight is 331 g/mol. The van der Waals surface area contributed by atoms with Crippen LogP contribution in [0.25, 0.3) is 0 Å². The van der Waals surface area contributed by atoms with Crippen molar-refractivity contribution in [2.24, 2.45) is 0 Å². The molecule has 1 aromatic heterocycles. The van der Waals surface area contributed by atoms with Crippen LogP contribution in [0.5, 0.6) is 0 Å². The smallest absolute Gasteiger partial charge is 0.274 e. The molecule has 0 atom stereocenters. The molecule has 0 bridgehead atoms. The number of carbonyl (C=O) groups excluding carboxylic acids is 1. The van der Waals surface area contributed by atoms with Gasteiger partial charge < -0.3 is 10.6 Å². The first-order valence-electron chi connectivity index (χ1n) is 5.80. The average Bonchev–Trinajstić information content (AvgIpc) is 2.47. The molecule has 2 rings (SSSR count). The van der Waals surface area contributed by atoms with Crippen LogP contribution >= 0.6 is 15.9 Å². The van der Waals surface area contributed by atoms with Gasteiger partial charge in [-0.2, -0.15) is 5.26 Å². The van der Waals surface area contributed by atoms with E-state index < -0.39 is 0 Å². The number of anilines is 2. The van der Waals surface area contributed by atoms with Crippen LogP contribution in [0.1, 0.15) is 16.1 Å². The van der Waals surface area contributed by atoms with Gasteiger partial charge in [0.1, 0.15) is 17.6 Å². The second kappa shape index (κ2) is 6.17. The highest BCUT2D eigenvalue weighted by molar-refractivity contribution is 9.10. The highest BCUT2D eigenvalue weighted by atomic mass is 79.9. The van der Waals surface area contributed by atoms with Crippen LogP contribution in [0.2, 0.25) is 0 Å². The van der Waals surface area contributed by atoms with Crippen LogP contribution in [-0.2, 0) is 0 Å². The Bertz CT molecular complexity index is 694. The van der Waals surface area contributed by atoms with Crippen LogP contribution in [0.4, 0.5) is 11.5 Å². The molecule has 0 aliphatic rings. The molecule has 0 saturated heterocycles. The summed E-state index contributed by atoms with van der Waals surface area (Å²) in [6.07, 6.45) is 0. The van der Waals surface area contributed by atoms with Crippen molar-refractivity contribution < 1.29 is 4.79 Å². The first-order valence-corrected chi connectivity index (χ1v) is 6.59. The van der Waals surface area contributed by atoms with Gasteiger partial charge in [-0.1, -0.05) is 22.0 Å². The molecular formula is C14H11BrN4O. The van der Waals surface area contributed by atoms with Crippen molar-refractivity contribution in [3.63, 3.8) is 0 Å². The largest absolute Gasteiger partial charge is 0.373 e. The van der Waals surface area contributed by atoms with E-state index >= 15 is 0 Å². The fourth-order valence-electron chi connectivity index (χ4n) is 1.60. The fourth-order valence-corrected chi connectivity index (χ4v) is 1.97. The normalized spacial score (nSPS) is 9.65. The molecule has 20 heavy (non-hydrogen) atoms. The SMILES string of the molecule is CNc1cccc(C(=O)Nc2cc(Br)ccc2C#N)n1. The summed E-state index contributed by atoms with van der Waals surface area (Å²) in [7, 11) is 1.73. The Hall–Kier alpha value is -2.39. The third-order valence-electron chi connectivity index (χ3n) is 2.59. The minimum atomic E-state index is -0.364. The summed E-state index contributed by atoms with van der Waals surface area (Å²) in [4.78, 5) is 16.3. The molecule has 0 saturated carbocycles. The van der Waals surface area contributed by atoms with Gasteiger partial charge in [0, 0.05) is 11.5 Å². The lowest BCUT2D eigenvalue weighted by atomic mass is 10.2. The number of halogens is 1. The van der Waals surface area contributed by atoms with E-state index in [-0.39, 0.29) is 11.6 Å². The van der Waals surface area contributed by atoms with Crippen molar-refractivity contribution in [3.05, 3.63) is 52.1 Å². The van der Waals surface area contributed by atoms with Crippen molar-refractivity contribution in [2.45, 2.75) is 0 Å². The number of aromatic nitrogens is 1. The number of nitrogens with one attached hydrogen (secondary N) is 2. The quantitative estimate of drug-likeness (QED) is 0.906. The zero-order valence-electron chi connectivity index (χ0n) is 10.6. The monoisotopic (exact) mass is 330 g/mol. The number of nitriles is 1. The van der Waals surface area contributed by atoms with Gasteiger partial charge >= 0.3 is 0 Å². The highest BCUT2D eigenvalue weighted by Gasteiger charge is 2.11. The third kappa shape index (κ3) is 3.13. The molecule has 1 heterocycles. The molecule has 0 aliphatic heterocycles. The predicted octanol–water partition coefficient (Wildman–Crippen LogP) is 3.01. The molecule has 100 valence electrons. The number of amides is 1. The van der Waals surface area contributed by atoms with Gasteiger partial charge in [0.05, 0.1) is 11.3 Å². The van der Waals surface area contributed by atoms with Crippen LogP contribution in [0, 0.1) is 11.3 Å². The molecule has 0 spiro atoms. The number of hydrogen-bond donors (Lipinski definition) is 2. The lowest BCUT2D eigenvalue weighted by Gasteiger charge is -2.08. The fraction of sp³-hybridized carbons (Fsp3) is 0.0714. The number of pyridine rings is 1. The Morgan fingerprint density at radius 3 is 2.85 bits per heavy atom. The summed E-state index contributed by atoms with van der Waals surface area (Å²) in [5, 5.41) is 14.6. The summed E-state index contributed by atoms with van der Waals surface area (Å²) >= 11 is 3.31. The van der Waals surface area contributed by atoms with E-state index in [1.165, 1.54) is 0 Å². The number of nitrogens with zero attached hydrogens (tertiary/aromatic N) is 2. The van der Waals surface area contributed by atoms with Crippen molar-refractivity contribution in [1.82, 2.24) is 4.98 Å². The summed E-state index contributed by atoms with van der Waals surface area (Å²) < 4.78 is 0.781. The first-order chi connectivity index (χ1) is 9.63. The molecule has 2 N–H and O–H groups in total. The van der Waals surface area contributed by atoms with E-state index in [0.29, 0.717) is 17.1 Å². The molecule has 0 fully saturated rings. The standard InChI is InChI=1S/C14H11BrN4O/c1-17-13-4-2-3-11(18-13)14(20)19-12-7-10(15)6-5-9(12)8-16/h2-7H,1H3,(H,17,18)(H,19,20). The van der Waals surface area contributed by atoms with Crippen molar-refractivity contribution >= 4 is 33.3 Å². The zero-order valence-corrected chi connectivity index (χ0v) is 12.2. The van der Waals surface area contributed by atoms with E-state index in [1.54, 1.807) is 43.4 Å². The van der Waals surface area contributed by atoms with E-state index in [0.717, 1.165) is 4.47 Å². The molecule has 6 heteroatoms. The highest BCUT2D eigenvalue weighted by Crippen LogP contribution is 2.21. The van der Waals surface area contributed by atoms with Gasteiger partial charge in [-0.25, -0.2) is 4.98 Å². The Morgan fingerprint density at radius 1 is 1.35 bits per heavy atom. The molecule has 1 amide bonds. The number of benzene rings is 1. The van der Waals surface area contributed by atoms with Gasteiger partial charge in [0.15, 0.2) is 0 Å². The second-order valence-electron chi connectivity index (χ2n) is 3.91. The maximum Gasteiger partial charge on any atom is 0.274 e. The van der Waals surface area contributed by atoms with Crippen molar-refractivity contribution in [2.75, 3.05) is 17.7 Å². The minimum Gasteiger partial charge on any atom is -0.373 e. The molecule has 1 aromatic carbocycles. The zero-order chi connectivity index (χ0) is 14.5. The summed E-state index contributed by atoms with van der Waals surface area (Å²) in [6, 6.07) is 12.2. The molecular weight excluding hydrogens is 320 g/mol. The van der Waals surface area contributed by atoms with E-state index in [2.05, 4.69) is 31.5 Å². The van der Waals surface area contributed by atoms with Gasteiger partial charge in [0.2, 0.25) is 0 Å². The maximum atomic E-state index is 12.1. The molecule has 5 nitrogen and oxygen atoms in total. The Labute approximate surface area is 124 Å². The summed E-state index contributed by atoms with van der Waals surface area (Å²) in [6.45, 7) is 0. The Morgan fingerprint density at radius 2 is 2.15 bits per heavy atom. The molecule has 0 unspecified atom stereocenters. The van der Waals surface area contributed by atoms with Gasteiger partial charge in [0.25, 0.3) is 5.91 Å². The van der Waals surface area contributed by atoms with Crippen LogP contribution in [0.15, 0.2) is 40.9 Å². The van der Waals surface area contributed by atoms with E-state index in [1.807, 2.05) is 6.07 Å². The summed E-state index contributed by atoms with van der Waals surface area (Å²) in [5.74, 6) is 0.240. The Kier molecular flexibility index (Phi) is 4.33. The first kappa shape index (κ1) is 14.0. The van der Waals surface area contributed by atoms with E-state index in [9.17, 15) is 4.79 Å². The van der Waals surface area contributed by atoms with Gasteiger partial charge in [-0.05, 0) is 30.3 Å². The third-order valence-corrected chi connectivity index (χ3v) is 3.08.